The molecule has 35 heavy (non-hydrogen) atoms. The molecule has 1 saturated heterocycles. The van der Waals surface area contributed by atoms with Crippen LogP contribution in [0.5, 0.6) is 5.75 Å². The molecule has 1 fully saturated rings. The van der Waals surface area contributed by atoms with Crippen LogP contribution in [0.3, 0.4) is 0 Å². The van der Waals surface area contributed by atoms with Crippen molar-refractivity contribution in [3.8, 4) is 5.75 Å². The number of nitrogens with one attached hydrogen (secondary N) is 2. The Morgan fingerprint density at radius 2 is 1.80 bits per heavy atom. The maximum absolute atomic E-state index is 13.6. The smallest absolute Gasteiger partial charge is 0.256 e. The average molecular weight is 496 g/mol. The second kappa shape index (κ2) is 9.93. The molecule has 0 aliphatic carbocycles. The fourth-order valence-electron chi connectivity index (χ4n) is 4.80. The minimum absolute atomic E-state index is 0.112. The molecule has 7 nitrogen and oxygen atoms in total. The highest BCUT2D eigenvalue weighted by Gasteiger charge is 2.57. The van der Waals surface area contributed by atoms with E-state index in [4.69, 9.17) is 4.74 Å². The van der Waals surface area contributed by atoms with Crippen LogP contribution in [-0.4, -0.2) is 53.1 Å². The number of amides is 3. The molecule has 4 rings (SSSR count). The molecule has 2 N–H and O–H groups in total. The minimum Gasteiger partial charge on any atom is -0.497 e. The second-order valence-electron chi connectivity index (χ2n) is 9.90. The molecular weight excluding hydrogens is 462 g/mol. The Hall–Kier alpha value is -3.00. The van der Waals surface area contributed by atoms with Gasteiger partial charge in [0.05, 0.1) is 7.11 Å². The van der Waals surface area contributed by atoms with Crippen LogP contribution in [0, 0.1) is 5.92 Å². The quantitative estimate of drug-likeness (QED) is 0.585. The van der Waals surface area contributed by atoms with Crippen molar-refractivity contribution in [2.24, 2.45) is 5.92 Å². The van der Waals surface area contributed by atoms with Crippen LogP contribution in [0.1, 0.15) is 54.6 Å². The van der Waals surface area contributed by atoms with E-state index in [0.29, 0.717) is 18.5 Å². The number of thioether (sulfide) groups is 1. The summed E-state index contributed by atoms with van der Waals surface area (Å²) in [5.41, 5.74) is 2.68. The molecule has 2 aromatic rings. The van der Waals surface area contributed by atoms with Gasteiger partial charge in [0.25, 0.3) is 5.91 Å². The Balaban J connectivity index is 1.42. The van der Waals surface area contributed by atoms with E-state index in [-0.39, 0.29) is 29.0 Å². The molecule has 2 aliphatic heterocycles. The van der Waals surface area contributed by atoms with Crippen molar-refractivity contribution in [3.63, 3.8) is 0 Å². The maximum Gasteiger partial charge on any atom is 0.256 e. The molecule has 3 amide bonds. The van der Waals surface area contributed by atoms with Gasteiger partial charge in [0, 0.05) is 16.9 Å². The number of carbonyl (C=O) groups is 3. The Kier molecular flexibility index (Phi) is 7.12. The molecule has 0 radical (unpaired) electrons. The van der Waals surface area contributed by atoms with Crippen molar-refractivity contribution in [2.75, 3.05) is 13.7 Å². The summed E-state index contributed by atoms with van der Waals surface area (Å²) >= 11 is 1.61. The lowest BCUT2D eigenvalue weighted by atomic mass is 9.98. The van der Waals surface area contributed by atoms with Crippen molar-refractivity contribution >= 4 is 29.5 Å². The first-order chi connectivity index (χ1) is 16.6. The normalized spacial score (nSPS) is 20.9. The summed E-state index contributed by atoms with van der Waals surface area (Å²) in [7, 11) is 1.62. The van der Waals surface area contributed by atoms with Crippen molar-refractivity contribution < 1.29 is 19.1 Å². The SMILES string of the molecule is COc1ccc(CCNC(=O)[C@@H](NC(=O)[C@@H]2N3C(=O)c4ccccc4[C@@H]3SC2(C)C)C(C)C)cc1. The molecule has 2 heterocycles. The second-order valence-corrected chi connectivity index (χ2v) is 11.6. The lowest BCUT2D eigenvalue weighted by Crippen LogP contribution is -2.58. The minimum atomic E-state index is -0.696. The number of hydrogen-bond acceptors (Lipinski definition) is 5. The molecule has 0 aromatic heterocycles. The van der Waals surface area contributed by atoms with E-state index in [1.807, 2.05) is 76.2 Å². The number of nitrogens with zero attached hydrogens (tertiary/aromatic N) is 1. The summed E-state index contributed by atoms with van der Waals surface area (Å²) in [5, 5.41) is 5.73. The Morgan fingerprint density at radius 1 is 1.11 bits per heavy atom. The molecule has 0 bridgehead atoms. The molecule has 0 unspecified atom stereocenters. The standard InChI is InChI=1S/C27H33N3O4S/c1-16(2)21(23(31)28-15-14-17-10-12-18(34-5)13-11-17)29-24(32)22-27(3,4)35-26-20-9-7-6-8-19(20)25(33)30(22)26/h6-13,16,21-22,26H,14-15H2,1-5H3,(H,28,31)(H,29,32)/t21-,22-,26-/m0/s1. The molecule has 8 heteroatoms. The van der Waals surface area contributed by atoms with Gasteiger partial charge in [-0.3, -0.25) is 14.4 Å². The molecule has 3 atom stereocenters. The van der Waals surface area contributed by atoms with E-state index < -0.39 is 16.8 Å². The number of fused-ring (bicyclic) bond motifs is 3. The summed E-state index contributed by atoms with van der Waals surface area (Å²) < 4.78 is 4.68. The third-order valence-electron chi connectivity index (χ3n) is 6.66. The van der Waals surface area contributed by atoms with E-state index in [9.17, 15) is 14.4 Å². The van der Waals surface area contributed by atoms with Crippen molar-refractivity contribution in [1.82, 2.24) is 15.5 Å². The fourth-order valence-corrected chi connectivity index (χ4v) is 6.39. The van der Waals surface area contributed by atoms with E-state index in [1.54, 1.807) is 23.8 Å². The van der Waals surface area contributed by atoms with Crippen LogP contribution in [0.2, 0.25) is 0 Å². The molecule has 186 valence electrons. The molecule has 0 spiro atoms. The van der Waals surface area contributed by atoms with Crippen molar-refractivity contribution in [1.29, 1.82) is 0 Å². The van der Waals surface area contributed by atoms with Crippen LogP contribution in [0.25, 0.3) is 0 Å². The van der Waals surface area contributed by atoms with Gasteiger partial charge in [-0.05, 0) is 55.5 Å². The largest absolute Gasteiger partial charge is 0.497 e. The number of methoxy groups -OCH3 is 1. The Labute approximate surface area is 211 Å². The van der Waals surface area contributed by atoms with Gasteiger partial charge in [-0.1, -0.05) is 44.2 Å². The van der Waals surface area contributed by atoms with Crippen LogP contribution >= 0.6 is 11.8 Å². The lowest BCUT2D eigenvalue weighted by Gasteiger charge is -2.32. The highest BCUT2D eigenvalue weighted by Crippen LogP contribution is 2.56. The van der Waals surface area contributed by atoms with Gasteiger partial charge in [-0.2, -0.15) is 0 Å². The van der Waals surface area contributed by atoms with Gasteiger partial charge < -0.3 is 20.3 Å². The zero-order valence-corrected chi connectivity index (χ0v) is 21.6. The number of carbonyl (C=O) groups excluding carboxylic acids is 3. The third-order valence-corrected chi connectivity index (χ3v) is 8.20. The van der Waals surface area contributed by atoms with E-state index in [1.165, 1.54) is 0 Å². The molecule has 0 saturated carbocycles. The van der Waals surface area contributed by atoms with Gasteiger partial charge in [-0.25, -0.2) is 0 Å². The zero-order chi connectivity index (χ0) is 25.3. The van der Waals surface area contributed by atoms with Gasteiger partial charge in [0.1, 0.15) is 23.2 Å². The zero-order valence-electron chi connectivity index (χ0n) is 20.8. The monoisotopic (exact) mass is 495 g/mol. The predicted octanol–water partition coefficient (Wildman–Crippen LogP) is 3.54. The van der Waals surface area contributed by atoms with Crippen LogP contribution in [0.15, 0.2) is 48.5 Å². The lowest BCUT2D eigenvalue weighted by molar-refractivity contribution is -0.132. The number of ether oxygens (including phenoxy) is 1. The van der Waals surface area contributed by atoms with Gasteiger partial charge in [-0.15, -0.1) is 11.8 Å². The summed E-state index contributed by atoms with van der Waals surface area (Å²) in [4.78, 5) is 41.5. The summed E-state index contributed by atoms with van der Waals surface area (Å²) in [6.07, 6.45) is 0.670. The average Bonchev–Trinajstić information content (AvgIpc) is 3.26. The van der Waals surface area contributed by atoms with Crippen LogP contribution in [0.4, 0.5) is 0 Å². The molecule has 2 aromatic carbocycles. The van der Waals surface area contributed by atoms with Crippen LogP contribution < -0.4 is 15.4 Å². The fraction of sp³-hybridized carbons (Fsp3) is 0.444. The van der Waals surface area contributed by atoms with Gasteiger partial charge >= 0.3 is 0 Å². The highest BCUT2D eigenvalue weighted by atomic mass is 32.2. The first-order valence-electron chi connectivity index (χ1n) is 11.9. The maximum atomic E-state index is 13.6. The summed E-state index contributed by atoms with van der Waals surface area (Å²) in [6.45, 7) is 8.23. The number of hydrogen-bond donors (Lipinski definition) is 2. The van der Waals surface area contributed by atoms with Gasteiger partial charge in [0.15, 0.2) is 0 Å². The topological polar surface area (TPSA) is 87.7 Å². The third kappa shape index (κ3) is 4.89. The van der Waals surface area contributed by atoms with Crippen molar-refractivity contribution in [3.05, 3.63) is 65.2 Å². The Morgan fingerprint density at radius 3 is 2.46 bits per heavy atom. The Bertz CT molecular complexity index is 1120. The predicted molar refractivity (Wildman–Crippen MR) is 137 cm³/mol. The number of benzene rings is 2. The highest BCUT2D eigenvalue weighted by molar-refractivity contribution is 8.01. The molecule has 2 aliphatic rings. The summed E-state index contributed by atoms with van der Waals surface area (Å²) in [6, 6.07) is 13.9. The van der Waals surface area contributed by atoms with Gasteiger partial charge in [0.2, 0.25) is 11.8 Å². The van der Waals surface area contributed by atoms with E-state index in [2.05, 4.69) is 10.6 Å². The number of rotatable bonds is 8. The first-order valence-corrected chi connectivity index (χ1v) is 12.8. The van der Waals surface area contributed by atoms with Crippen LogP contribution in [-0.2, 0) is 16.0 Å². The van der Waals surface area contributed by atoms with Crippen molar-refractivity contribution in [2.45, 2.75) is 56.3 Å². The first kappa shape index (κ1) is 25.1. The van der Waals surface area contributed by atoms with E-state index >= 15 is 0 Å². The van der Waals surface area contributed by atoms with E-state index in [0.717, 1.165) is 16.9 Å². The molecular formula is C27H33N3O4S. The summed E-state index contributed by atoms with van der Waals surface area (Å²) in [5.74, 6) is 0.0245.